The van der Waals surface area contributed by atoms with Crippen molar-refractivity contribution in [2.24, 2.45) is 0 Å². The van der Waals surface area contributed by atoms with Gasteiger partial charge in [-0.2, -0.15) is 0 Å². The van der Waals surface area contributed by atoms with Crippen molar-refractivity contribution in [2.75, 3.05) is 32.6 Å². The lowest BCUT2D eigenvalue weighted by molar-refractivity contribution is -0.141. The number of hydrogen-bond donors (Lipinski definition) is 0. The van der Waals surface area contributed by atoms with Crippen molar-refractivity contribution in [3.05, 3.63) is 24.3 Å². The number of anilines is 1. The van der Waals surface area contributed by atoms with Gasteiger partial charge < -0.3 is 9.64 Å². The van der Waals surface area contributed by atoms with Crippen LogP contribution in [0.4, 0.5) is 5.69 Å². The Bertz CT molecular complexity index is 610. The Hall–Kier alpha value is -1.60. The second-order valence-electron chi connectivity index (χ2n) is 5.16. The van der Waals surface area contributed by atoms with Crippen LogP contribution in [0.25, 0.3) is 0 Å². The van der Waals surface area contributed by atoms with E-state index in [1.165, 1.54) is 25.5 Å². The maximum absolute atomic E-state index is 12.0. The quantitative estimate of drug-likeness (QED) is 0.778. The number of methoxy groups -OCH3 is 1. The first kappa shape index (κ1) is 15.8. The van der Waals surface area contributed by atoms with E-state index in [2.05, 4.69) is 0 Å². The number of sulfonamides is 1. The Morgan fingerprint density at radius 3 is 2.43 bits per heavy atom. The molecule has 1 aromatic rings. The number of rotatable bonds is 4. The number of ether oxygens (including phenoxy) is 1. The molecule has 0 bridgehead atoms. The zero-order chi connectivity index (χ0) is 15.6. The van der Waals surface area contributed by atoms with Gasteiger partial charge in [0.15, 0.2) is 0 Å². The van der Waals surface area contributed by atoms with Gasteiger partial charge in [0.1, 0.15) is 6.04 Å². The van der Waals surface area contributed by atoms with Crippen LogP contribution in [0.15, 0.2) is 29.2 Å². The smallest absolute Gasteiger partial charge is 0.328 e. The molecule has 0 aliphatic carbocycles. The summed E-state index contributed by atoms with van der Waals surface area (Å²) in [4.78, 5) is 13.9. The Kier molecular flexibility index (Phi) is 4.53. The molecule has 7 heteroatoms. The minimum Gasteiger partial charge on any atom is -0.467 e. The van der Waals surface area contributed by atoms with E-state index in [-0.39, 0.29) is 16.9 Å². The van der Waals surface area contributed by atoms with E-state index in [0.717, 1.165) is 25.1 Å². The Labute approximate surface area is 125 Å². The van der Waals surface area contributed by atoms with Gasteiger partial charge in [0.25, 0.3) is 0 Å². The van der Waals surface area contributed by atoms with Crippen LogP contribution < -0.4 is 4.90 Å². The molecule has 1 heterocycles. The molecule has 1 atom stereocenters. The average Bonchev–Trinajstić information content (AvgIpc) is 2.95. The minimum atomic E-state index is -3.43. The monoisotopic (exact) mass is 312 g/mol. The zero-order valence-corrected chi connectivity index (χ0v) is 13.3. The van der Waals surface area contributed by atoms with E-state index in [1.807, 2.05) is 4.90 Å². The van der Waals surface area contributed by atoms with E-state index in [1.54, 1.807) is 24.3 Å². The van der Waals surface area contributed by atoms with Gasteiger partial charge in [0, 0.05) is 26.3 Å². The summed E-state index contributed by atoms with van der Waals surface area (Å²) < 4.78 is 30.0. The molecule has 1 unspecified atom stereocenters. The highest BCUT2D eigenvalue weighted by molar-refractivity contribution is 7.89. The van der Waals surface area contributed by atoms with Crippen LogP contribution in [-0.2, 0) is 19.6 Å². The van der Waals surface area contributed by atoms with E-state index < -0.39 is 10.0 Å². The summed E-state index contributed by atoms with van der Waals surface area (Å²) >= 11 is 0. The molecule has 21 heavy (non-hydrogen) atoms. The normalized spacial score (nSPS) is 19.0. The SMILES string of the molecule is COC(=O)C1CCCN1c1ccc(S(=O)(=O)N(C)C)cc1. The highest BCUT2D eigenvalue weighted by atomic mass is 32.2. The molecule has 1 aromatic carbocycles. The zero-order valence-electron chi connectivity index (χ0n) is 12.4. The summed E-state index contributed by atoms with van der Waals surface area (Å²) in [6, 6.07) is 6.32. The Morgan fingerprint density at radius 1 is 1.29 bits per heavy atom. The third kappa shape index (κ3) is 3.03. The van der Waals surface area contributed by atoms with Gasteiger partial charge in [-0.05, 0) is 37.1 Å². The molecule has 0 amide bonds. The van der Waals surface area contributed by atoms with Crippen LogP contribution in [0.2, 0.25) is 0 Å². The van der Waals surface area contributed by atoms with Crippen molar-refractivity contribution >= 4 is 21.7 Å². The summed E-state index contributed by atoms with van der Waals surface area (Å²) in [5.74, 6) is -0.252. The van der Waals surface area contributed by atoms with Gasteiger partial charge in [-0.1, -0.05) is 0 Å². The Morgan fingerprint density at radius 2 is 1.90 bits per heavy atom. The van der Waals surface area contributed by atoms with E-state index in [4.69, 9.17) is 4.74 Å². The molecule has 1 fully saturated rings. The minimum absolute atomic E-state index is 0.241. The van der Waals surface area contributed by atoms with Crippen LogP contribution >= 0.6 is 0 Å². The fourth-order valence-corrected chi connectivity index (χ4v) is 3.38. The summed E-state index contributed by atoms with van der Waals surface area (Å²) in [6.45, 7) is 0.763. The Balaban J connectivity index is 2.25. The molecule has 1 saturated heterocycles. The largest absolute Gasteiger partial charge is 0.467 e. The first-order valence-electron chi connectivity index (χ1n) is 6.75. The summed E-state index contributed by atoms with van der Waals surface area (Å²) in [5, 5.41) is 0. The number of nitrogens with zero attached hydrogens (tertiary/aromatic N) is 2. The topological polar surface area (TPSA) is 66.9 Å². The molecule has 6 nitrogen and oxygen atoms in total. The number of esters is 1. The summed E-state index contributed by atoms with van der Waals surface area (Å²) in [7, 11) is 0.946. The van der Waals surface area contributed by atoms with Gasteiger partial charge in [-0.25, -0.2) is 17.5 Å². The highest BCUT2D eigenvalue weighted by Crippen LogP contribution is 2.27. The molecule has 1 aliphatic rings. The molecule has 0 radical (unpaired) electrons. The molecule has 2 rings (SSSR count). The first-order chi connectivity index (χ1) is 9.87. The maximum Gasteiger partial charge on any atom is 0.328 e. The molecule has 116 valence electrons. The molecule has 0 N–H and O–H groups in total. The summed E-state index contributed by atoms with van der Waals surface area (Å²) in [6.07, 6.45) is 1.67. The summed E-state index contributed by atoms with van der Waals surface area (Å²) in [5.41, 5.74) is 0.834. The molecular formula is C14H20N2O4S. The van der Waals surface area contributed by atoms with Crippen LogP contribution in [0.5, 0.6) is 0 Å². The van der Waals surface area contributed by atoms with Crippen LogP contribution in [0.3, 0.4) is 0 Å². The van der Waals surface area contributed by atoms with Crippen molar-refractivity contribution in [1.82, 2.24) is 4.31 Å². The second-order valence-corrected chi connectivity index (χ2v) is 7.31. The van der Waals surface area contributed by atoms with Crippen LogP contribution in [-0.4, -0.2) is 52.5 Å². The molecule has 1 aliphatic heterocycles. The van der Waals surface area contributed by atoms with E-state index in [0.29, 0.717) is 0 Å². The molecular weight excluding hydrogens is 292 g/mol. The average molecular weight is 312 g/mol. The maximum atomic E-state index is 12.0. The highest BCUT2D eigenvalue weighted by Gasteiger charge is 2.31. The van der Waals surface area contributed by atoms with Gasteiger partial charge in [-0.3, -0.25) is 0 Å². The van der Waals surface area contributed by atoms with Gasteiger partial charge in [0.2, 0.25) is 10.0 Å². The van der Waals surface area contributed by atoms with Gasteiger partial charge >= 0.3 is 5.97 Å². The standard InChI is InChI=1S/C14H20N2O4S/c1-15(2)21(18,19)12-8-6-11(7-9-12)16-10-4-5-13(16)14(17)20-3/h6-9,13H,4-5,10H2,1-3H3. The molecule has 0 saturated carbocycles. The van der Waals surface area contributed by atoms with Crippen molar-refractivity contribution < 1.29 is 17.9 Å². The van der Waals surface area contributed by atoms with Crippen LogP contribution in [0, 0.1) is 0 Å². The van der Waals surface area contributed by atoms with Crippen molar-refractivity contribution in [2.45, 2.75) is 23.8 Å². The molecule has 0 aromatic heterocycles. The fraction of sp³-hybridized carbons (Fsp3) is 0.500. The predicted molar refractivity (Wildman–Crippen MR) is 79.7 cm³/mol. The number of hydrogen-bond acceptors (Lipinski definition) is 5. The number of carbonyl (C=O) groups is 1. The van der Waals surface area contributed by atoms with Gasteiger partial charge in [-0.15, -0.1) is 0 Å². The third-order valence-corrected chi connectivity index (χ3v) is 5.50. The first-order valence-corrected chi connectivity index (χ1v) is 8.19. The van der Waals surface area contributed by atoms with Crippen LogP contribution in [0.1, 0.15) is 12.8 Å². The second kappa shape index (κ2) is 6.03. The van der Waals surface area contributed by atoms with Crippen molar-refractivity contribution in [3.8, 4) is 0 Å². The predicted octanol–water partition coefficient (Wildman–Crippen LogP) is 1.08. The number of benzene rings is 1. The lowest BCUT2D eigenvalue weighted by Crippen LogP contribution is -2.36. The van der Waals surface area contributed by atoms with Gasteiger partial charge in [0.05, 0.1) is 12.0 Å². The molecule has 0 spiro atoms. The lowest BCUT2D eigenvalue weighted by Gasteiger charge is -2.25. The van der Waals surface area contributed by atoms with E-state index >= 15 is 0 Å². The lowest BCUT2D eigenvalue weighted by atomic mass is 10.2. The van der Waals surface area contributed by atoms with E-state index in [9.17, 15) is 13.2 Å². The third-order valence-electron chi connectivity index (χ3n) is 3.67. The fourth-order valence-electron chi connectivity index (χ4n) is 2.48. The van der Waals surface area contributed by atoms with Crippen molar-refractivity contribution in [1.29, 1.82) is 0 Å². The number of carbonyl (C=O) groups excluding carboxylic acids is 1. The van der Waals surface area contributed by atoms with Crippen molar-refractivity contribution in [3.63, 3.8) is 0 Å².